The Bertz CT molecular complexity index is 360. The van der Waals surface area contributed by atoms with Gasteiger partial charge in [-0.05, 0) is 19.8 Å². The Morgan fingerprint density at radius 3 is 2.86 bits per heavy atom. The van der Waals surface area contributed by atoms with Crippen molar-refractivity contribution in [3.8, 4) is 0 Å². The Labute approximate surface area is 82.2 Å². The van der Waals surface area contributed by atoms with Crippen molar-refractivity contribution in [1.29, 1.82) is 0 Å². The standard InChI is InChI=1S/C9H15N3O2/c1-7-11-8(10)6-9(14)12(7)4-2-3-5-13/h6,13H,2-5,10H2,1H3. The summed E-state index contributed by atoms with van der Waals surface area (Å²) >= 11 is 0. The van der Waals surface area contributed by atoms with Crippen LogP contribution in [0.25, 0.3) is 0 Å². The van der Waals surface area contributed by atoms with E-state index in [1.807, 2.05) is 0 Å². The van der Waals surface area contributed by atoms with Crippen molar-refractivity contribution in [2.45, 2.75) is 26.3 Å². The second kappa shape index (κ2) is 4.76. The number of aromatic nitrogens is 2. The lowest BCUT2D eigenvalue weighted by Crippen LogP contribution is -2.23. The summed E-state index contributed by atoms with van der Waals surface area (Å²) in [6.45, 7) is 2.48. The van der Waals surface area contributed by atoms with Crippen LogP contribution in [0, 0.1) is 6.92 Å². The Morgan fingerprint density at radius 1 is 1.57 bits per heavy atom. The van der Waals surface area contributed by atoms with Gasteiger partial charge >= 0.3 is 0 Å². The van der Waals surface area contributed by atoms with Crippen LogP contribution in [0.4, 0.5) is 5.82 Å². The smallest absolute Gasteiger partial charge is 0.255 e. The van der Waals surface area contributed by atoms with Gasteiger partial charge in [0.05, 0.1) is 0 Å². The first-order chi connectivity index (χ1) is 6.65. The fraction of sp³-hybridized carbons (Fsp3) is 0.556. The van der Waals surface area contributed by atoms with E-state index in [-0.39, 0.29) is 18.0 Å². The molecule has 3 N–H and O–H groups in total. The van der Waals surface area contributed by atoms with E-state index < -0.39 is 0 Å². The lowest BCUT2D eigenvalue weighted by molar-refractivity contribution is 0.280. The van der Waals surface area contributed by atoms with Crippen LogP contribution in [0.5, 0.6) is 0 Å². The first-order valence-electron chi connectivity index (χ1n) is 4.60. The van der Waals surface area contributed by atoms with E-state index in [9.17, 15) is 4.79 Å². The Morgan fingerprint density at radius 2 is 2.29 bits per heavy atom. The molecule has 0 saturated carbocycles. The molecule has 0 aliphatic heterocycles. The number of rotatable bonds is 4. The van der Waals surface area contributed by atoms with Gasteiger partial charge in [0, 0.05) is 19.2 Å². The molecule has 0 aliphatic rings. The molecule has 0 aliphatic carbocycles. The number of nitrogens with zero attached hydrogens (tertiary/aromatic N) is 2. The Kier molecular flexibility index (Phi) is 3.64. The van der Waals surface area contributed by atoms with E-state index in [4.69, 9.17) is 10.8 Å². The van der Waals surface area contributed by atoms with Crippen LogP contribution in [0.1, 0.15) is 18.7 Å². The van der Waals surface area contributed by atoms with E-state index in [0.717, 1.165) is 6.42 Å². The molecule has 0 bridgehead atoms. The molecule has 0 saturated heterocycles. The molecule has 0 amide bonds. The maximum Gasteiger partial charge on any atom is 0.255 e. The van der Waals surface area contributed by atoms with Crippen LogP contribution in [-0.2, 0) is 6.54 Å². The fourth-order valence-electron chi connectivity index (χ4n) is 1.30. The highest BCUT2D eigenvalue weighted by atomic mass is 16.2. The van der Waals surface area contributed by atoms with Gasteiger partial charge in [0.2, 0.25) is 0 Å². The average Bonchev–Trinajstić information content (AvgIpc) is 2.09. The number of nitrogen functional groups attached to an aromatic ring is 1. The van der Waals surface area contributed by atoms with Gasteiger partial charge in [-0.15, -0.1) is 0 Å². The van der Waals surface area contributed by atoms with Gasteiger partial charge in [0.15, 0.2) is 0 Å². The summed E-state index contributed by atoms with van der Waals surface area (Å²) in [7, 11) is 0. The predicted octanol–water partition coefficient (Wildman–Crippen LogP) is -0.0936. The Balaban J connectivity index is 2.81. The molecule has 0 atom stereocenters. The zero-order chi connectivity index (χ0) is 10.6. The maximum atomic E-state index is 11.4. The number of aliphatic hydroxyl groups excluding tert-OH is 1. The molecule has 0 fully saturated rings. The quantitative estimate of drug-likeness (QED) is 0.661. The number of nitrogens with two attached hydrogens (primary N) is 1. The average molecular weight is 197 g/mol. The van der Waals surface area contributed by atoms with Crippen LogP contribution in [0.15, 0.2) is 10.9 Å². The van der Waals surface area contributed by atoms with Crippen molar-refractivity contribution in [2.75, 3.05) is 12.3 Å². The van der Waals surface area contributed by atoms with Gasteiger partial charge in [-0.3, -0.25) is 9.36 Å². The molecular formula is C9H15N3O2. The van der Waals surface area contributed by atoms with Crippen LogP contribution in [0.2, 0.25) is 0 Å². The predicted molar refractivity (Wildman–Crippen MR) is 54.0 cm³/mol. The largest absolute Gasteiger partial charge is 0.396 e. The minimum absolute atomic E-state index is 0.132. The van der Waals surface area contributed by atoms with Crippen molar-refractivity contribution in [3.63, 3.8) is 0 Å². The maximum absolute atomic E-state index is 11.4. The summed E-state index contributed by atoms with van der Waals surface area (Å²) in [5, 5.41) is 8.60. The van der Waals surface area contributed by atoms with Crippen molar-refractivity contribution in [1.82, 2.24) is 9.55 Å². The molecule has 0 aromatic carbocycles. The molecule has 1 heterocycles. The summed E-state index contributed by atoms with van der Waals surface area (Å²) in [4.78, 5) is 15.4. The van der Waals surface area contributed by atoms with E-state index in [1.54, 1.807) is 11.5 Å². The lowest BCUT2D eigenvalue weighted by Gasteiger charge is -2.08. The molecule has 0 radical (unpaired) electrons. The number of hydrogen-bond acceptors (Lipinski definition) is 4. The second-order valence-corrected chi connectivity index (χ2v) is 3.15. The molecule has 5 heteroatoms. The highest BCUT2D eigenvalue weighted by molar-refractivity contribution is 5.25. The summed E-state index contributed by atoms with van der Waals surface area (Å²) in [6, 6.07) is 1.31. The van der Waals surface area contributed by atoms with Crippen molar-refractivity contribution < 1.29 is 5.11 Å². The van der Waals surface area contributed by atoms with E-state index >= 15 is 0 Å². The molecule has 0 spiro atoms. The third-order valence-electron chi connectivity index (χ3n) is 2.01. The summed E-state index contributed by atoms with van der Waals surface area (Å²) < 4.78 is 1.56. The fourth-order valence-corrected chi connectivity index (χ4v) is 1.30. The first-order valence-corrected chi connectivity index (χ1v) is 4.60. The van der Waals surface area contributed by atoms with Crippen LogP contribution in [0.3, 0.4) is 0 Å². The first kappa shape index (κ1) is 10.7. The zero-order valence-electron chi connectivity index (χ0n) is 8.23. The minimum Gasteiger partial charge on any atom is -0.396 e. The number of aliphatic hydroxyl groups is 1. The van der Waals surface area contributed by atoms with Gasteiger partial charge in [-0.25, -0.2) is 4.98 Å². The minimum atomic E-state index is -0.132. The van der Waals surface area contributed by atoms with Crippen LogP contribution < -0.4 is 11.3 Å². The third kappa shape index (κ3) is 2.56. The number of aryl methyl sites for hydroxylation is 1. The van der Waals surface area contributed by atoms with Gasteiger partial charge in [0.1, 0.15) is 11.6 Å². The molecular weight excluding hydrogens is 182 g/mol. The van der Waals surface area contributed by atoms with Crippen LogP contribution in [-0.4, -0.2) is 21.3 Å². The molecule has 14 heavy (non-hydrogen) atoms. The van der Waals surface area contributed by atoms with E-state index in [1.165, 1.54) is 6.07 Å². The topological polar surface area (TPSA) is 81.1 Å². The normalized spacial score (nSPS) is 10.4. The van der Waals surface area contributed by atoms with Gasteiger partial charge < -0.3 is 10.8 Å². The molecule has 1 aromatic rings. The summed E-state index contributed by atoms with van der Waals surface area (Å²) in [6.07, 6.45) is 1.46. The Hall–Kier alpha value is -1.36. The second-order valence-electron chi connectivity index (χ2n) is 3.15. The monoisotopic (exact) mass is 197 g/mol. The van der Waals surface area contributed by atoms with E-state index in [0.29, 0.717) is 18.8 Å². The zero-order valence-corrected chi connectivity index (χ0v) is 8.23. The molecule has 5 nitrogen and oxygen atoms in total. The number of unbranched alkanes of at least 4 members (excludes halogenated alkanes) is 1. The third-order valence-corrected chi connectivity index (χ3v) is 2.01. The highest BCUT2D eigenvalue weighted by Crippen LogP contribution is 1.98. The highest BCUT2D eigenvalue weighted by Gasteiger charge is 2.02. The van der Waals surface area contributed by atoms with Crippen molar-refractivity contribution in [3.05, 3.63) is 22.2 Å². The van der Waals surface area contributed by atoms with Crippen molar-refractivity contribution in [2.24, 2.45) is 0 Å². The molecule has 78 valence electrons. The molecule has 1 rings (SSSR count). The molecule has 0 unspecified atom stereocenters. The van der Waals surface area contributed by atoms with Crippen LogP contribution >= 0.6 is 0 Å². The van der Waals surface area contributed by atoms with E-state index in [2.05, 4.69) is 4.98 Å². The number of hydrogen-bond donors (Lipinski definition) is 2. The SMILES string of the molecule is Cc1nc(N)cc(=O)n1CCCCO. The molecule has 1 aromatic heterocycles. The lowest BCUT2D eigenvalue weighted by atomic mass is 10.3. The number of anilines is 1. The van der Waals surface area contributed by atoms with Crippen molar-refractivity contribution >= 4 is 5.82 Å². The summed E-state index contributed by atoms with van der Waals surface area (Å²) in [5.41, 5.74) is 5.29. The van der Waals surface area contributed by atoms with Gasteiger partial charge in [-0.1, -0.05) is 0 Å². The van der Waals surface area contributed by atoms with Gasteiger partial charge in [-0.2, -0.15) is 0 Å². The summed E-state index contributed by atoms with van der Waals surface area (Å²) in [5.74, 6) is 0.874. The van der Waals surface area contributed by atoms with Gasteiger partial charge in [0.25, 0.3) is 5.56 Å².